The van der Waals surface area contributed by atoms with E-state index in [9.17, 15) is 0 Å². The molecular weight excluding hydrogens is 292 g/mol. The summed E-state index contributed by atoms with van der Waals surface area (Å²) in [5.74, 6) is 1.72. The maximum atomic E-state index is 4.62. The molecule has 0 bridgehead atoms. The molecule has 2 aromatic rings. The van der Waals surface area contributed by atoms with E-state index in [0.29, 0.717) is 0 Å². The van der Waals surface area contributed by atoms with Gasteiger partial charge in [0.15, 0.2) is 0 Å². The fourth-order valence-electron chi connectivity index (χ4n) is 2.77. The average Bonchev–Trinajstić information content (AvgIpc) is 2.93. The minimum atomic E-state index is 0.820. The van der Waals surface area contributed by atoms with Gasteiger partial charge in [-0.3, -0.25) is 9.58 Å². The molecule has 0 aromatic carbocycles. The lowest BCUT2D eigenvalue weighted by Crippen LogP contribution is -2.46. The maximum absolute atomic E-state index is 4.62. The molecule has 0 unspecified atom stereocenters. The van der Waals surface area contributed by atoms with Crippen molar-refractivity contribution in [3.63, 3.8) is 0 Å². The summed E-state index contributed by atoms with van der Waals surface area (Å²) in [6.07, 6.45) is 1.97. The molecule has 0 aliphatic carbocycles. The van der Waals surface area contributed by atoms with Gasteiger partial charge in [-0.25, -0.2) is 4.98 Å². The summed E-state index contributed by atoms with van der Waals surface area (Å²) in [5, 5.41) is 11.4. The van der Waals surface area contributed by atoms with Crippen molar-refractivity contribution in [2.75, 3.05) is 42.9 Å². The van der Waals surface area contributed by atoms with E-state index >= 15 is 0 Å². The highest BCUT2D eigenvalue weighted by atomic mass is 15.4. The van der Waals surface area contributed by atoms with Crippen LogP contribution in [-0.2, 0) is 13.6 Å². The molecule has 1 saturated heterocycles. The van der Waals surface area contributed by atoms with Crippen molar-refractivity contribution in [1.29, 1.82) is 0 Å². The third-order valence-corrected chi connectivity index (χ3v) is 3.89. The van der Waals surface area contributed by atoms with Crippen molar-refractivity contribution in [3.8, 4) is 0 Å². The summed E-state index contributed by atoms with van der Waals surface area (Å²) in [7, 11) is 1.89. The second-order valence-corrected chi connectivity index (χ2v) is 5.87. The van der Waals surface area contributed by atoms with E-state index in [1.807, 2.05) is 26.2 Å². The molecule has 0 spiro atoms. The van der Waals surface area contributed by atoms with E-state index in [1.165, 1.54) is 0 Å². The minimum absolute atomic E-state index is 0.820. The molecule has 1 aliphatic rings. The highest BCUT2D eigenvalue weighted by Gasteiger charge is 2.20. The summed E-state index contributed by atoms with van der Waals surface area (Å²) in [6, 6.07) is 1.98. The molecule has 1 aliphatic heterocycles. The number of piperazine rings is 1. The number of aromatic nitrogens is 5. The molecular formula is C15H24N8. The van der Waals surface area contributed by atoms with Gasteiger partial charge in [0.05, 0.1) is 5.69 Å². The Bertz CT molecular complexity index is 645. The van der Waals surface area contributed by atoms with Gasteiger partial charge in [-0.1, -0.05) is 5.21 Å². The molecule has 3 rings (SSSR count). The van der Waals surface area contributed by atoms with Crippen LogP contribution in [0.25, 0.3) is 0 Å². The molecule has 1 N–H and O–H groups in total. The summed E-state index contributed by atoms with van der Waals surface area (Å²) in [6.45, 7) is 9.60. The highest BCUT2D eigenvalue weighted by Crippen LogP contribution is 2.16. The normalized spacial score (nSPS) is 15.9. The van der Waals surface area contributed by atoms with E-state index in [4.69, 9.17) is 0 Å². The van der Waals surface area contributed by atoms with Crippen molar-refractivity contribution < 1.29 is 0 Å². The van der Waals surface area contributed by atoms with Gasteiger partial charge in [0.25, 0.3) is 0 Å². The van der Waals surface area contributed by atoms with Gasteiger partial charge in [-0.05, 0) is 13.8 Å². The van der Waals surface area contributed by atoms with Gasteiger partial charge < -0.3 is 10.2 Å². The number of hydrogen-bond donors (Lipinski definition) is 1. The van der Waals surface area contributed by atoms with Crippen molar-refractivity contribution in [1.82, 2.24) is 29.9 Å². The largest absolute Gasteiger partial charge is 0.370 e. The predicted octanol–water partition coefficient (Wildman–Crippen LogP) is 0.668. The SMILES string of the molecule is CCNc1cc(C)nc(N2CCN(Cc3cn(C)nn3)CC2)n1. The van der Waals surface area contributed by atoms with Crippen LogP contribution in [0.1, 0.15) is 18.3 Å². The third kappa shape index (κ3) is 3.95. The third-order valence-electron chi connectivity index (χ3n) is 3.89. The van der Waals surface area contributed by atoms with Crippen LogP contribution >= 0.6 is 0 Å². The van der Waals surface area contributed by atoms with Crippen LogP contribution in [0.4, 0.5) is 11.8 Å². The molecule has 2 aromatic heterocycles. The Morgan fingerprint density at radius 1 is 1.17 bits per heavy atom. The van der Waals surface area contributed by atoms with Gasteiger partial charge >= 0.3 is 0 Å². The summed E-state index contributed by atoms with van der Waals surface area (Å²) in [5.41, 5.74) is 2.01. The summed E-state index contributed by atoms with van der Waals surface area (Å²) < 4.78 is 1.74. The summed E-state index contributed by atoms with van der Waals surface area (Å²) >= 11 is 0. The highest BCUT2D eigenvalue weighted by molar-refractivity contribution is 5.43. The topological polar surface area (TPSA) is 75.0 Å². The van der Waals surface area contributed by atoms with Crippen LogP contribution in [0.3, 0.4) is 0 Å². The lowest BCUT2D eigenvalue weighted by molar-refractivity contribution is 0.246. The predicted molar refractivity (Wildman–Crippen MR) is 89.4 cm³/mol. The van der Waals surface area contributed by atoms with Gasteiger partial charge in [-0.15, -0.1) is 5.10 Å². The quantitative estimate of drug-likeness (QED) is 0.869. The molecule has 0 saturated carbocycles. The molecule has 23 heavy (non-hydrogen) atoms. The Balaban J connectivity index is 1.60. The van der Waals surface area contributed by atoms with Crippen LogP contribution in [0, 0.1) is 6.92 Å². The Hall–Kier alpha value is -2.22. The van der Waals surface area contributed by atoms with E-state index < -0.39 is 0 Å². The Morgan fingerprint density at radius 2 is 1.96 bits per heavy atom. The number of rotatable bonds is 5. The van der Waals surface area contributed by atoms with Gasteiger partial charge in [-0.2, -0.15) is 4.98 Å². The van der Waals surface area contributed by atoms with E-state index in [-0.39, 0.29) is 0 Å². The van der Waals surface area contributed by atoms with Crippen LogP contribution < -0.4 is 10.2 Å². The van der Waals surface area contributed by atoms with Crippen molar-refractivity contribution >= 4 is 11.8 Å². The number of nitrogens with zero attached hydrogens (tertiary/aromatic N) is 7. The minimum Gasteiger partial charge on any atom is -0.370 e. The van der Waals surface area contributed by atoms with Crippen LogP contribution in [-0.4, -0.2) is 62.6 Å². The molecule has 8 nitrogen and oxygen atoms in total. The zero-order valence-electron chi connectivity index (χ0n) is 14.0. The van der Waals surface area contributed by atoms with Gasteiger partial charge in [0.2, 0.25) is 5.95 Å². The number of aryl methyl sites for hydroxylation is 2. The molecule has 3 heterocycles. The Kier molecular flexibility index (Phi) is 4.71. The number of hydrogen-bond acceptors (Lipinski definition) is 7. The monoisotopic (exact) mass is 316 g/mol. The molecule has 0 atom stereocenters. The molecule has 0 radical (unpaired) electrons. The Labute approximate surface area is 136 Å². The van der Waals surface area contributed by atoms with Crippen LogP contribution in [0.2, 0.25) is 0 Å². The van der Waals surface area contributed by atoms with Crippen LogP contribution in [0.5, 0.6) is 0 Å². The zero-order chi connectivity index (χ0) is 16.2. The fraction of sp³-hybridized carbons (Fsp3) is 0.600. The average molecular weight is 316 g/mol. The zero-order valence-corrected chi connectivity index (χ0v) is 14.0. The van der Waals surface area contributed by atoms with E-state index in [1.54, 1.807) is 4.68 Å². The van der Waals surface area contributed by atoms with E-state index in [0.717, 1.165) is 62.4 Å². The number of nitrogens with one attached hydrogen (secondary N) is 1. The number of anilines is 2. The standard InChI is InChI=1S/C15H24N8/c1-4-16-14-9-12(2)17-15(18-14)23-7-5-22(6-8-23)11-13-10-21(3)20-19-13/h9-10H,4-8,11H2,1-3H3,(H,16,17,18). The van der Waals surface area contributed by atoms with Crippen molar-refractivity contribution in [2.24, 2.45) is 7.05 Å². The van der Waals surface area contributed by atoms with Gasteiger partial charge in [0, 0.05) is 64.3 Å². The second kappa shape index (κ2) is 6.91. The maximum Gasteiger partial charge on any atom is 0.227 e. The first kappa shape index (κ1) is 15.7. The smallest absolute Gasteiger partial charge is 0.227 e. The first-order valence-electron chi connectivity index (χ1n) is 8.06. The van der Waals surface area contributed by atoms with E-state index in [2.05, 4.69) is 42.3 Å². The molecule has 0 amide bonds. The molecule has 8 heteroatoms. The molecule has 1 fully saturated rings. The van der Waals surface area contributed by atoms with Crippen molar-refractivity contribution in [3.05, 3.63) is 23.7 Å². The lowest BCUT2D eigenvalue weighted by atomic mass is 10.3. The van der Waals surface area contributed by atoms with Crippen molar-refractivity contribution in [2.45, 2.75) is 20.4 Å². The lowest BCUT2D eigenvalue weighted by Gasteiger charge is -2.34. The Morgan fingerprint density at radius 3 is 2.61 bits per heavy atom. The second-order valence-electron chi connectivity index (χ2n) is 5.87. The van der Waals surface area contributed by atoms with Gasteiger partial charge in [0.1, 0.15) is 5.82 Å². The fourth-order valence-corrected chi connectivity index (χ4v) is 2.77. The first-order chi connectivity index (χ1) is 11.1. The van der Waals surface area contributed by atoms with Crippen LogP contribution in [0.15, 0.2) is 12.3 Å². The molecule has 124 valence electrons. The first-order valence-corrected chi connectivity index (χ1v) is 8.06. The summed E-state index contributed by atoms with van der Waals surface area (Å²) in [4.78, 5) is 13.8.